The summed E-state index contributed by atoms with van der Waals surface area (Å²) >= 11 is 0. The first-order chi connectivity index (χ1) is 6.18. The van der Waals surface area contributed by atoms with Crippen molar-refractivity contribution in [3.8, 4) is 0 Å². The van der Waals surface area contributed by atoms with E-state index in [0.29, 0.717) is 10.8 Å². The van der Waals surface area contributed by atoms with Crippen LogP contribution in [-0.2, 0) is 0 Å². The van der Waals surface area contributed by atoms with Crippen LogP contribution < -0.4 is 0 Å². The van der Waals surface area contributed by atoms with Crippen LogP contribution in [0.15, 0.2) is 0 Å². The molecule has 0 nitrogen and oxygen atoms in total. The smallest absolute Gasteiger partial charge is 0.0323 e. The van der Waals surface area contributed by atoms with Crippen LogP contribution in [0.3, 0.4) is 0 Å². The van der Waals surface area contributed by atoms with Crippen molar-refractivity contribution in [1.82, 2.24) is 0 Å². The lowest BCUT2D eigenvalue weighted by Gasteiger charge is -2.35. The van der Waals surface area contributed by atoms with E-state index in [-0.39, 0.29) is 0 Å². The maximum Gasteiger partial charge on any atom is -0.0323 e. The van der Waals surface area contributed by atoms with Crippen LogP contribution in [0.5, 0.6) is 0 Å². The average Bonchev–Trinajstić information content (AvgIpc) is 1.98. The summed E-state index contributed by atoms with van der Waals surface area (Å²) in [7, 11) is 0. The van der Waals surface area contributed by atoms with Crippen LogP contribution in [0.2, 0.25) is 0 Å². The van der Waals surface area contributed by atoms with Gasteiger partial charge in [-0.3, -0.25) is 0 Å². The molecular weight excluding hydrogens is 168 g/mol. The summed E-state index contributed by atoms with van der Waals surface area (Å²) in [6.45, 7) is 16.5. The number of hydrogen-bond donors (Lipinski definition) is 0. The standard InChI is InChI=1S/C14H30/c1-8-14(7,10-9-12(2)3)11-13(4,5)6/h12H,8-11H2,1-7H3. The molecule has 1 unspecified atom stereocenters. The molecule has 0 spiro atoms. The van der Waals surface area contributed by atoms with E-state index in [1.54, 1.807) is 0 Å². The predicted octanol–water partition coefficient (Wildman–Crippen LogP) is 5.28. The van der Waals surface area contributed by atoms with Gasteiger partial charge in [0.2, 0.25) is 0 Å². The first-order valence-electron chi connectivity index (χ1n) is 6.18. The van der Waals surface area contributed by atoms with Gasteiger partial charge in [0, 0.05) is 0 Å². The van der Waals surface area contributed by atoms with Crippen LogP contribution in [0.4, 0.5) is 0 Å². The van der Waals surface area contributed by atoms with Gasteiger partial charge in [0.25, 0.3) is 0 Å². The van der Waals surface area contributed by atoms with Gasteiger partial charge >= 0.3 is 0 Å². The van der Waals surface area contributed by atoms with Crippen molar-refractivity contribution in [1.29, 1.82) is 0 Å². The van der Waals surface area contributed by atoms with Crippen molar-refractivity contribution >= 4 is 0 Å². The van der Waals surface area contributed by atoms with Gasteiger partial charge in [-0.1, -0.05) is 61.3 Å². The number of hydrogen-bond acceptors (Lipinski definition) is 0. The summed E-state index contributed by atoms with van der Waals surface area (Å²) in [5.41, 5.74) is 1.03. The van der Waals surface area contributed by atoms with Gasteiger partial charge in [-0.2, -0.15) is 0 Å². The highest BCUT2D eigenvalue weighted by molar-refractivity contribution is 4.79. The Kier molecular flexibility index (Phi) is 5.19. The maximum atomic E-state index is 2.46. The molecule has 86 valence electrons. The molecule has 14 heavy (non-hydrogen) atoms. The van der Waals surface area contributed by atoms with E-state index in [9.17, 15) is 0 Å². The molecular formula is C14H30. The van der Waals surface area contributed by atoms with Crippen LogP contribution >= 0.6 is 0 Å². The van der Waals surface area contributed by atoms with E-state index >= 15 is 0 Å². The van der Waals surface area contributed by atoms with Gasteiger partial charge in [-0.05, 0) is 29.6 Å². The first-order valence-corrected chi connectivity index (χ1v) is 6.18. The Morgan fingerprint density at radius 2 is 1.50 bits per heavy atom. The molecule has 0 saturated heterocycles. The molecule has 0 aliphatic heterocycles. The second-order valence-electron chi connectivity index (χ2n) is 6.83. The Labute approximate surface area is 91.5 Å². The zero-order valence-corrected chi connectivity index (χ0v) is 11.4. The predicted molar refractivity (Wildman–Crippen MR) is 66.5 cm³/mol. The topological polar surface area (TPSA) is 0 Å². The van der Waals surface area contributed by atoms with E-state index in [0.717, 1.165) is 5.92 Å². The van der Waals surface area contributed by atoms with Crippen LogP contribution in [-0.4, -0.2) is 0 Å². The third-order valence-electron chi connectivity index (χ3n) is 3.14. The Morgan fingerprint density at radius 1 is 1.00 bits per heavy atom. The minimum Gasteiger partial charge on any atom is -0.0649 e. The van der Waals surface area contributed by atoms with E-state index in [1.807, 2.05) is 0 Å². The normalized spacial score (nSPS) is 17.1. The third kappa shape index (κ3) is 6.45. The molecule has 1 atom stereocenters. The fourth-order valence-electron chi connectivity index (χ4n) is 2.31. The van der Waals surface area contributed by atoms with Crippen LogP contribution in [0.25, 0.3) is 0 Å². The van der Waals surface area contributed by atoms with Gasteiger partial charge in [-0.25, -0.2) is 0 Å². The van der Waals surface area contributed by atoms with E-state index in [1.165, 1.54) is 25.7 Å². The van der Waals surface area contributed by atoms with Crippen LogP contribution in [0.1, 0.15) is 74.1 Å². The lowest BCUT2D eigenvalue weighted by Crippen LogP contribution is -2.23. The summed E-state index contributed by atoms with van der Waals surface area (Å²) in [4.78, 5) is 0. The molecule has 0 bridgehead atoms. The Hall–Kier alpha value is 0. The molecule has 0 aromatic heterocycles. The van der Waals surface area contributed by atoms with Gasteiger partial charge in [0.05, 0.1) is 0 Å². The summed E-state index contributed by atoms with van der Waals surface area (Å²) in [5.74, 6) is 0.848. The summed E-state index contributed by atoms with van der Waals surface area (Å²) in [5, 5.41) is 0. The zero-order valence-electron chi connectivity index (χ0n) is 11.4. The zero-order chi connectivity index (χ0) is 11.4. The highest BCUT2D eigenvalue weighted by atomic mass is 14.3. The molecule has 0 aliphatic rings. The third-order valence-corrected chi connectivity index (χ3v) is 3.14. The molecule has 0 saturated carbocycles. The van der Waals surface area contributed by atoms with E-state index < -0.39 is 0 Å². The Bertz CT molecular complexity index is 150. The minimum atomic E-state index is 0.474. The molecule has 0 aromatic carbocycles. The molecule has 0 radical (unpaired) electrons. The number of rotatable bonds is 5. The van der Waals surface area contributed by atoms with Crippen molar-refractivity contribution in [2.75, 3.05) is 0 Å². The van der Waals surface area contributed by atoms with E-state index in [4.69, 9.17) is 0 Å². The highest BCUT2D eigenvalue weighted by Gasteiger charge is 2.27. The average molecular weight is 198 g/mol. The lowest BCUT2D eigenvalue weighted by atomic mass is 9.70. The molecule has 0 heteroatoms. The van der Waals surface area contributed by atoms with Crippen molar-refractivity contribution in [2.24, 2.45) is 16.7 Å². The van der Waals surface area contributed by atoms with Gasteiger partial charge in [0.15, 0.2) is 0 Å². The van der Waals surface area contributed by atoms with E-state index in [2.05, 4.69) is 48.5 Å². The van der Waals surface area contributed by atoms with Crippen LogP contribution in [0, 0.1) is 16.7 Å². The Morgan fingerprint density at radius 3 is 1.79 bits per heavy atom. The SMILES string of the molecule is CCC(C)(CCC(C)C)CC(C)(C)C. The van der Waals surface area contributed by atoms with Crippen molar-refractivity contribution < 1.29 is 0 Å². The van der Waals surface area contributed by atoms with Crippen molar-refractivity contribution in [2.45, 2.75) is 74.1 Å². The monoisotopic (exact) mass is 198 g/mol. The quantitative estimate of drug-likeness (QED) is 0.564. The van der Waals surface area contributed by atoms with Gasteiger partial charge in [-0.15, -0.1) is 0 Å². The second-order valence-corrected chi connectivity index (χ2v) is 6.83. The van der Waals surface area contributed by atoms with Crippen molar-refractivity contribution in [3.05, 3.63) is 0 Å². The highest BCUT2D eigenvalue weighted by Crippen LogP contribution is 2.40. The fourth-order valence-corrected chi connectivity index (χ4v) is 2.31. The first kappa shape index (κ1) is 14.0. The second kappa shape index (κ2) is 5.19. The molecule has 0 rings (SSSR count). The summed E-state index contributed by atoms with van der Waals surface area (Å²) in [6.07, 6.45) is 5.43. The molecule has 0 aliphatic carbocycles. The molecule has 0 fully saturated rings. The van der Waals surface area contributed by atoms with Crippen molar-refractivity contribution in [3.63, 3.8) is 0 Å². The molecule has 0 N–H and O–H groups in total. The largest absolute Gasteiger partial charge is 0.0649 e. The maximum absolute atomic E-state index is 2.46. The minimum absolute atomic E-state index is 0.474. The fraction of sp³-hybridized carbons (Fsp3) is 1.00. The Balaban J connectivity index is 4.18. The molecule has 0 heterocycles. The molecule has 0 amide bonds. The van der Waals surface area contributed by atoms with Gasteiger partial charge < -0.3 is 0 Å². The molecule has 0 aromatic rings. The lowest BCUT2D eigenvalue weighted by molar-refractivity contribution is 0.161. The summed E-state index contributed by atoms with van der Waals surface area (Å²) in [6, 6.07) is 0. The summed E-state index contributed by atoms with van der Waals surface area (Å²) < 4.78 is 0. The van der Waals surface area contributed by atoms with Gasteiger partial charge in [0.1, 0.15) is 0 Å².